The Kier molecular flexibility index (Phi) is 8.05. The lowest BCUT2D eigenvalue weighted by molar-refractivity contribution is -0.142. The van der Waals surface area contributed by atoms with E-state index in [0.717, 1.165) is 5.56 Å². The Morgan fingerprint density at radius 2 is 1.75 bits per heavy atom. The maximum absolute atomic E-state index is 14.1. The van der Waals surface area contributed by atoms with E-state index in [1.165, 1.54) is 30.1 Å². The van der Waals surface area contributed by atoms with Crippen molar-refractivity contribution in [2.45, 2.75) is 25.7 Å². The maximum Gasteiger partial charge on any atom is 0.247 e. The topological polar surface area (TPSA) is 112 Å². The van der Waals surface area contributed by atoms with Crippen molar-refractivity contribution < 1.29 is 23.5 Å². The Morgan fingerprint density at radius 3 is 2.50 bits per heavy atom. The van der Waals surface area contributed by atoms with Gasteiger partial charge in [0.25, 0.3) is 0 Å². The number of hydrogen-bond donors (Lipinski definition) is 1. The number of rotatable bonds is 11. The number of ether oxygens (including phenoxy) is 2. The van der Waals surface area contributed by atoms with Gasteiger partial charge in [-0.05, 0) is 35.9 Å². The van der Waals surface area contributed by atoms with E-state index in [9.17, 15) is 9.59 Å². The average molecular weight is 540 g/mol. The average Bonchev–Trinajstić information content (AvgIpc) is 3.66. The molecule has 0 spiro atoms. The Bertz CT molecular complexity index is 1580. The molecule has 1 N–H and O–H groups in total. The highest BCUT2D eigenvalue weighted by Crippen LogP contribution is 2.38. The molecule has 10 nitrogen and oxygen atoms in total. The number of carbonyl (C=O) groups is 2. The molecule has 5 rings (SSSR count). The molecule has 0 aliphatic carbocycles. The van der Waals surface area contributed by atoms with E-state index in [1.54, 1.807) is 30.3 Å². The number of para-hydroxylation sites is 2. The zero-order valence-corrected chi connectivity index (χ0v) is 22.2. The molecule has 3 aromatic carbocycles. The van der Waals surface area contributed by atoms with Crippen LogP contribution in [0.15, 0.2) is 95.6 Å². The van der Waals surface area contributed by atoms with Gasteiger partial charge in [0.05, 0.1) is 32.5 Å². The lowest BCUT2D eigenvalue weighted by Crippen LogP contribution is -2.44. The van der Waals surface area contributed by atoms with E-state index in [4.69, 9.17) is 13.9 Å². The fourth-order valence-corrected chi connectivity index (χ4v) is 4.61. The standard InChI is InChI=1S/C30H29N5O5/c1-38-26-16-8-13-23(29(26)39-2)28(30(37)31-18-21-10-4-3-5-11-21)34(19-22-12-9-17-40-22)27(36)20-35-25-15-7-6-14-24(25)32-33-35/h3-17,28H,18-20H2,1-2H3,(H,31,37)/t28-/m1/s1. The molecular weight excluding hydrogens is 510 g/mol. The number of hydrogen-bond acceptors (Lipinski definition) is 7. The van der Waals surface area contributed by atoms with Gasteiger partial charge >= 0.3 is 0 Å². The molecule has 0 fully saturated rings. The molecule has 1 atom stereocenters. The van der Waals surface area contributed by atoms with Crippen LogP contribution in [-0.4, -0.2) is 45.9 Å². The van der Waals surface area contributed by atoms with Gasteiger partial charge in [0.2, 0.25) is 11.8 Å². The summed E-state index contributed by atoms with van der Waals surface area (Å²) in [5, 5.41) is 11.3. The number of benzene rings is 3. The first-order chi connectivity index (χ1) is 19.6. The second kappa shape index (κ2) is 12.2. The number of fused-ring (bicyclic) bond motifs is 1. The quantitative estimate of drug-likeness (QED) is 0.269. The first-order valence-electron chi connectivity index (χ1n) is 12.7. The normalized spacial score (nSPS) is 11.7. The van der Waals surface area contributed by atoms with Crippen molar-refractivity contribution in [3.63, 3.8) is 0 Å². The third kappa shape index (κ3) is 5.65. The summed E-state index contributed by atoms with van der Waals surface area (Å²) in [5.41, 5.74) is 2.76. The zero-order valence-electron chi connectivity index (χ0n) is 22.2. The number of carbonyl (C=O) groups excluding carboxylic acids is 2. The minimum absolute atomic E-state index is 0.0300. The summed E-state index contributed by atoms with van der Waals surface area (Å²) in [6.45, 7) is 0.164. The molecule has 10 heteroatoms. The SMILES string of the molecule is COc1cccc([C@H](C(=O)NCc2ccccc2)N(Cc2ccco2)C(=O)Cn2nnc3ccccc32)c1OC. The summed E-state index contributed by atoms with van der Waals surface area (Å²) < 4.78 is 18.3. The van der Waals surface area contributed by atoms with Gasteiger partial charge in [-0.15, -0.1) is 5.10 Å². The van der Waals surface area contributed by atoms with Gasteiger partial charge in [-0.25, -0.2) is 4.68 Å². The van der Waals surface area contributed by atoms with Gasteiger partial charge < -0.3 is 24.1 Å². The van der Waals surface area contributed by atoms with E-state index in [2.05, 4.69) is 15.6 Å². The first kappa shape index (κ1) is 26.5. The lowest BCUT2D eigenvalue weighted by Gasteiger charge is -2.32. The van der Waals surface area contributed by atoms with Crippen molar-refractivity contribution >= 4 is 22.8 Å². The summed E-state index contributed by atoms with van der Waals surface area (Å²) in [6.07, 6.45) is 1.53. The Morgan fingerprint density at radius 1 is 0.950 bits per heavy atom. The van der Waals surface area contributed by atoms with Crippen LogP contribution in [0.2, 0.25) is 0 Å². The molecule has 0 saturated heterocycles. The van der Waals surface area contributed by atoms with Crippen molar-refractivity contribution in [2.24, 2.45) is 0 Å². The number of furan rings is 1. The summed E-state index contributed by atoms with van der Waals surface area (Å²) >= 11 is 0. The summed E-state index contributed by atoms with van der Waals surface area (Å²) in [7, 11) is 3.02. The highest BCUT2D eigenvalue weighted by atomic mass is 16.5. The molecule has 204 valence electrons. The minimum atomic E-state index is -1.08. The molecule has 0 saturated carbocycles. The van der Waals surface area contributed by atoms with Crippen molar-refractivity contribution in [1.29, 1.82) is 0 Å². The molecule has 40 heavy (non-hydrogen) atoms. The van der Waals surface area contributed by atoms with E-state index < -0.39 is 11.9 Å². The van der Waals surface area contributed by atoms with Gasteiger partial charge in [-0.1, -0.05) is 59.8 Å². The fourth-order valence-electron chi connectivity index (χ4n) is 4.61. The second-order valence-corrected chi connectivity index (χ2v) is 9.03. The molecule has 0 aliphatic rings. The predicted molar refractivity (Wildman–Crippen MR) is 147 cm³/mol. The van der Waals surface area contributed by atoms with Gasteiger partial charge in [0.1, 0.15) is 23.9 Å². The molecule has 0 radical (unpaired) electrons. The molecular formula is C30H29N5O5. The third-order valence-electron chi connectivity index (χ3n) is 6.53. The van der Waals surface area contributed by atoms with Crippen LogP contribution in [0.3, 0.4) is 0 Å². The van der Waals surface area contributed by atoms with Crippen LogP contribution in [0, 0.1) is 0 Å². The van der Waals surface area contributed by atoms with Crippen molar-refractivity contribution in [1.82, 2.24) is 25.2 Å². The summed E-state index contributed by atoms with van der Waals surface area (Å²) in [6, 6.07) is 24.6. The Labute approximate surface area is 231 Å². The fraction of sp³-hybridized carbons (Fsp3) is 0.200. The van der Waals surface area contributed by atoms with Crippen molar-refractivity contribution in [3.05, 3.63) is 108 Å². The smallest absolute Gasteiger partial charge is 0.247 e. The van der Waals surface area contributed by atoms with Gasteiger partial charge in [-0.2, -0.15) is 0 Å². The largest absolute Gasteiger partial charge is 0.493 e. The van der Waals surface area contributed by atoms with Crippen molar-refractivity contribution in [3.8, 4) is 11.5 Å². The van der Waals surface area contributed by atoms with Crippen LogP contribution in [0.4, 0.5) is 0 Å². The third-order valence-corrected chi connectivity index (χ3v) is 6.53. The number of methoxy groups -OCH3 is 2. The molecule has 2 heterocycles. The van der Waals surface area contributed by atoms with Crippen LogP contribution in [0.5, 0.6) is 11.5 Å². The number of aromatic nitrogens is 3. The van der Waals surface area contributed by atoms with E-state index in [-0.39, 0.29) is 25.5 Å². The highest BCUT2D eigenvalue weighted by Gasteiger charge is 2.35. The van der Waals surface area contributed by atoms with Gasteiger partial charge in [-0.3, -0.25) is 9.59 Å². The second-order valence-electron chi connectivity index (χ2n) is 9.03. The molecule has 0 aliphatic heterocycles. The summed E-state index contributed by atoms with van der Waals surface area (Å²) in [4.78, 5) is 29.5. The molecule has 2 amide bonds. The van der Waals surface area contributed by atoms with Crippen LogP contribution in [0.25, 0.3) is 11.0 Å². The Hall–Kier alpha value is -5.12. The van der Waals surface area contributed by atoms with Crippen LogP contribution in [-0.2, 0) is 29.2 Å². The number of nitrogens with one attached hydrogen (secondary N) is 1. The van der Waals surface area contributed by atoms with Gasteiger partial charge in [0, 0.05) is 12.1 Å². The molecule has 0 bridgehead atoms. The lowest BCUT2D eigenvalue weighted by atomic mass is 10.0. The van der Waals surface area contributed by atoms with Gasteiger partial charge in [0.15, 0.2) is 11.5 Å². The molecule has 2 aromatic heterocycles. The van der Waals surface area contributed by atoms with E-state index in [0.29, 0.717) is 33.9 Å². The molecule has 5 aromatic rings. The maximum atomic E-state index is 14.1. The highest BCUT2D eigenvalue weighted by molar-refractivity contribution is 5.90. The predicted octanol–water partition coefficient (Wildman–Crippen LogP) is 4.13. The van der Waals surface area contributed by atoms with E-state index in [1.807, 2.05) is 54.6 Å². The first-order valence-corrected chi connectivity index (χ1v) is 12.7. The Balaban J connectivity index is 1.56. The monoisotopic (exact) mass is 539 g/mol. The van der Waals surface area contributed by atoms with E-state index >= 15 is 0 Å². The van der Waals surface area contributed by atoms with Crippen LogP contribution in [0.1, 0.15) is 22.9 Å². The van der Waals surface area contributed by atoms with Crippen molar-refractivity contribution in [2.75, 3.05) is 14.2 Å². The number of amides is 2. The van der Waals surface area contributed by atoms with Crippen LogP contribution < -0.4 is 14.8 Å². The van der Waals surface area contributed by atoms with Crippen LogP contribution >= 0.6 is 0 Å². The zero-order chi connectivity index (χ0) is 27.9. The number of nitrogens with zero attached hydrogens (tertiary/aromatic N) is 4. The minimum Gasteiger partial charge on any atom is -0.493 e. The molecule has 0 unspecified atom stereocenters. The summed E-state index contributed by atoms with van der Waals surface area (Å²) in [5.74, 6) is 0.553.